The van der Waals surface area contributed by atoms with E-state index in [9.17, 15) is 15.0 Å². The molecule has 8 heteroatoms. The highest BCUT2D eigenvalue weighted by molar-refractivity contribution is 8.04. The minimum atomic E-state index is -1.08. The second kappa shape index (κ2) is 8.28. The number of carboxylic acid groups (broad SMARTS) is 1. The Labute approximate surface area is 165 Å². The molecular weight excluding hydrogens is 386 g/mol. The molecule has 1 heterocycles. The number of benzene rings is 2. The number of aliphatic carboxylic acids is 1. The van der Waals surface area contributed by atoms with Crippen LogP contribution >= 0.6 is 23.4 Å². The van der Waals surface area contributed by atoms with Gasteiger partial charge in [-0.15, -0.1) is 15.9 Å². The molecule has 2 aromatic carbocycles. The lowest BCUT2D eigenvalue weighted by atomic mass is 10.2. The molecule has 6 nitrogen and oxygen atoms in total. The predicted octanol–water partition coefficient (Wildman–Crippen LogP) is 3.91. The van der Waals surface area contributed by atoms with Crippen molar-refractivity contribution in [2.45, 2.75) is 18.6 Å². The molecule has 3 rings (SSSR count). The van der Waals surface area contributed by atoms with E-state index in [0.717, 1.165) is 17.3 Å². The molecular formula is C19H15ClN3O3S-. The Morgan fingerprint density at radius 2 is 1.85 bits per heavy atom. The fourth-order valence-electron chi connectivity index (χ4n) is 2.41. The Kier molecular flexibility index (Phi) is 5.83. The van der Waals surface area contributed by atoms with E-state index in [-0.39, 0.29) is 10.7 Å². The van der Waals surface area contributed by atoms with Gasteiger partial charge < -0.3 is 14.8 Å². The van der Waals surface area contributed by atoms with Gasteiger partial charge in [0, 0.05) is 17.1 Å². The Hall–Kier alpha value is -2.77. The van der Waals surface area contributed by atoms with Gasteiger partial charge >= 0.3 is 5.97 Å². The van der Waals surface area contributed by atoms with Crippen LogP contribution in [-0.4, -0.2) is 25.8 Å². The number of hydrogen-bond acceptors (Lipinski definition) is 5. The fourth-order valence-corrected chi connectivity index (χ4v) is 3.42. The van der Waals surface area contributed by atoms with Crippen molar-refractivity contribution in [1.29, 1.82) is 0 Å². The predicted molar refractivity (Wildman–Crippen MR) is 103 cm³/mol. The van der Waals surface area contributed by atoms with Crippen LogP contribution in [0.5, 0.6) is 5.75 Å². The van der Waals surface area contributed by atoms with E-state index in [1.165, 1.54) is 18.2 Å². The van der Waals surface area contributed by atoms with Crippen molar-refractivity contribution in [3.8, 4) is 17.1 Å². The molecule has 0 atom stereocenters. The average molecular weight is 401 g/mol. The van der Waals surface area contributed by atoms with Crippen LogP contribution in [0.2, 0.25) is 5.02 Å². The van der Waals surface area contributed by atoms with Crippen LogP contribution in [0.25, 0.3) is 17.5 Å². The van der Waals surface area contributed by atoms with Crippen LogP contribution in [0.4, 0.5) is 0 Å². The number of halogens is 1. The molecule has 27 heavy (non-hydrogen) atoms. The molecule has 1 N–H and O–H groups in total. The third-order valence-electron chi connectivity index (χ3n) is 3.73. The maximum absolute atomic E-state index is 11.7. The van der Waals surface area contributed by atoms with Crippen molar-refractivity contribution in [3.63, 3.8) is 0 Å². The van der Waals surface area contributed by atoms with Gasteiger partial charge in [0.05, 0.1) is 0 Å². The van der Waals surface area contributed by atoms with Crippen LogP contribution in [0.15, 0.2) is 58.6 Å². The lowest BCUT2D eigenvalue weighted by Crippen LogP contribution is -2.02. The van der Waals surface area contributed by atoms with Crippen molar-refractivity contribution in [2.75, 3.05) is 0 Å². The van der Waals surface area contributed by atoms with E-state index in [1.54, 1.807) is 24.3 Å². The number of hydrogen-bond donors (Lipinski definition) is 1. The second-order valence-corrected chi connectivity index (χ2v) is 6.99. The van der Waals surface area contributed by atoms with E-state index in [1.807, 2.05) is 23.6 Å². The molecule has 1 aromatic heterocycles. The zero-order valence-corrected chi connectivity index (χ0v) is 15.9. The molecule has 0 bridgehead atoms. The van der Waals surface area contributed by atoms with Crippen LogP contribution in [0, 0.1) is 0 Å². The normalized spacial score (nSPS) is 11.6. The first-order valence-corrected chi connectivity index (χ1v) is 9.26. The van der Waals surface area contributed by atoms with Gasteiger partial charge in [-0.2, -0.15) is 0 Å². The first-order valence-electron chi connectivity index (χ1n) is 8.07. The number of rotatable bonds is 6. The van der Waals surface area contributed by atoms with E-state index in [0.29, 0.717) is 28.1 Å². The van der Waals surface area contributed by atoms with Gasteiger partial charge in [0.2, 0.25) is 0 Å². The first kappa shape index (κ1) is 19.0. The van der Waals surface area contributed by atoms with Crippen LogP contribution in [0.3, 0.4) is 0 Å². The smallest absolute Gasteiger partial charge is 0.342 e. The van der Waals surface area contributed by atoms with Gasteiger partial charge in [0.15, 0.2) is 11.0 Å². The number of nitrogens with zero attached hydrogens (tertiary/aromatic N) is 3. The minimum absolute atomic E-state index is 0.0819. The van der Waals surface area contributed by atoms with Gasteiger partial charge in [-0.05, 0) is 54.6 Å². The third-order valence-corrected chi connectivity index (χ3v) is 4.97. The maximum atomic E-state index is 11.7. The van der Waals surface area contributed by atoms with Crippen LogP contribution in [-0.2, 0) is 11.3 Å². The molecule has 0 aliphatic heterocycles. The van der Waals surface area contributed by atoms with Crippen molar-refractivity contribution < 1.29 is 15.0 Å². The summed E-state index contributed by atoms with van der Waals surface area (Å²) in [6, 6.07) is 13.1. The number of aromatic nitrogens is 3. The lowest BCUT2D eigenvalue weighted by molar-refractivity contribution is -0.268. The molecule has 0 saturated heterocycles. The standard InChI is InChI=1S/C19H16ClN3O3S/c1-2-23-17(13-5-7-14(20)8-6-13)21-22-19(23)27-16(18(25)26)11-12-3-9-15(24)10-4-12/h3-11,24H,2H2,1H3,(H,25,26)/p-1/b16-11+. The summed E-state index contributed by atoms with van der Waals surface area (Å²) < 4.78 is 1.84. The quantitative estimate of drug-likeness (QED) is 0.498. The van der Waals surface area contributed by atoms with Crippen LogP contribution in [0.1, 0.15) is 12.5 Å². The van der Waals surface area contributed by atoms with Crippen molar-refractivity contribution in [2.24, 2.45) is 0 Å². The number of carbonyl (C=O) groups is 1. The Morgan fingerprint density at radius 1 is 1.19 bits per heavy atom. The van der Waals surface area contributed by atoms with E-state index in [2.05, 4.69) is 10.2 Å². The third kappa shape index (κ3) is 4.50. The fraction of sp³-hybridized carbons (Fsp3) is 0.105. The Bertz CT molecular complexity index is 982. The molecule has 0 fully saturated rings. The highest BCUT2D eigenvalue weighted by Gasteiger charge is 2.18. The number of thioether (sulfide) groups is 1. The topological polar surface area (TPSA) is 91.1 Å². The molecule has 0 saturated carbocycles. The summed E-state index contributed by atoms with van der Waals surface area (Å²) in [5.74, 6) is -0.572. The van der Waals surface area contributed by atoms with E-state index >= 15 is 0 Å². The summed E-state index contributed by atoms with van der Waals surface area (Å²) in [4.78, 5) is 11.7. The highest BCUT2D eigenvalue weighted by Crippen LogP contribution is 2.31. The molecule has 0 aliphatic rings. The Morgan fingerprint density at radius 3 is 2.44 bits per heavy atom. The van der Waals surface area contributed by atoms with Crippen molar-refractivity contribution in [1.82, 2.24) is 14.8 Å². The first-order chi connectivity index (χ1) is 13.0. The lowest BCUT2D eigenvalue weighted by Gasteiger charge is -2.08. The van der Waals surface area contributed by atoms with Gasteiger partial charge in [0.1, 0.15) is 4.91 Å². The van der Waals surface area contributed by atoms with Crippen molar-refractivity contribution in [3.05, 3.63) is 64.0 Å². The monoisotopic (exact) mass is 400 g/mol. The molecule has 0 aliphatic carbocycles. The van der Waals surface area contributed by atoms with Gasteiger partial charge in [-0.1, -0.05) is 35.9 Å². The van der Waals surface area contributed by atoms with Gasteiger partial charge in [-0.3, -0.25) is 0 Å². The molecule has 0 unspecified atom stereocenters. The van der Waals surface area contributed by atoms with Crippen molar-refractivity contribution >= 4 is 35.4 Å². The van der Waals surface area contributed by atoms with E-state index < -0.39 is 5.97 Å². The molecule has 0 amide bonds. The SMILES string of the molecule is CCn1c(S/C(=C/c2ccc([O-])cc2)C(=O)O)nnc1-c1ccc(Cl)cc1. The summed E-state index contributed by atoms with van der Waals surface area (Å²) in [5, 5.41) is 30.2. The Balaban J connectivity index is 1.94. The zero-order valence-electron chi connectivity index (χ0n) is 14.3. The molecule has 138 valence electrons. The summed E-state index contributed by atoms with van der Waals surface area (Å²) in [6.45, 7) is 2.51. The summed E-state index contributed by atoms with van der Waals surface area (Å²) in [5.41, 5.74) is 1.47. The highest BCUT2D eigenvalue weighted by atomic mass is 35.5. The number of carboxylic acids is 1. The van der Waals surface area contributed by atoms with Gasteiger partial charge in [0.25, 0.3) is 0 Å². The summed E-state index contributed by atoms with van der Waals surface area (Å²) in [7, 11) is 0. The summed E-state index contributed by atoms with van der Waals surface area (Å²) in [6.07, 6.45) is 1.50. The molecule has 0 radical (unpaired) electrons. The van der Waals surface area contributed by atoms with E-state index in [4.69, 9.17) is 11.6 Å². The second-order valence-electron chi connectivity index (χ2n) is 5.54. The largest absolute Gasteiger partial charge is 0.872 e. The maximum Gasteiger partial charge on any atom is 0.342 e. The van der Waals surface area contributed by atoms with Crippen LogP contribution < -0.4 is 5.11 Å². The summed E-state index contributed by atoms with van der Waals surface area (Å²) >= 11 is 6.94. The van der Waals surface area contributed by atoms with Gasteiger partial charge in [-0.25, -0.2) is 4.79 Å². The minimum Gasteiger partial charge on any atom is -0.872 e. The molecule has 0 spiro atoms. The zero-order chi connectivity index (χ0) is 19.4. The molecule has 3 aromatic rings. The average Bonchev–Trinajstić information content (AvgIpc) is 3.06.